The molecule has 0 N–H and O–H groups in total. The van der Waals surface area contributed by atoms with Crippen LogP contribution >= 0.6 is 46.6 Å². The fourth-order valence-corrected chi connectivity index (χ4v) is 5.16. The van der Waals surface area contributed by atoms with Crippen LogP contribution in [0.15, 0.2) is 66.1 Å². The van der Waals surface area contributed by atoms with Crippen LogP contribution in [0.2, 0.25) is 15.1 Å². The molecule has 3 atom stereocenters. The molecule has 8 heteroatoms. The summed E-state index contributed by atoms with van der Waals surface area (Å²) in [5, 5.41) is 1.93. The smallest absolute Gasteiger partial charge is 0.158 e. The maximum Gasteiger partial charge on any atom is 0.158 e. The molecule has 1 aliphatic rings. The quantitative estimate of drug-likeness (QED) is 0.306. The van der Waals surface area contributed by atoms with Crippen LogP contribution in [0.3, 0.4) is 0 Å². The van der Waals surface area contributed by atoms with Gasteiger partial charge in [0.25, 0.3) is 0 Å². The minimum atomic E-state index is -0.287. The largest absolute Gasteiger partial charge is 0.349 e. The summed E-state index contributed by atoms with van der Waals surface area (Å²) in [5.74, 6) is 0.870. The normalized spacial score (nSPS) is 20.0. The van der Waals surface area contributed by atoms with E-state index >= 15 is 0 Å². The summed E-state index contributed by atoms with van der Waals surface area (Å²) in [4.78, 5) is 5.32. The second kappa shape index (κ2) is 11.1. The van der Waals surface area contributed by atoms with Crippen LogP contribution in [0.4, 0.5) is 0 Å². The SMILES string of the molecule is Clc1ccc(SC[C@H]2CCC[C@H](OC(Cn3ccnc3)c3ccc(Cl)cc3Cl)O2)cc1. The first-order valence-corrected chi connectivity index (χ1v) is 12.3. The Morgan fingerprint density at radius 3 is 2.65 bits per heavy atom. The molecule has 164 valence electrons. The molecule has 0 amide bonds. The Morgan fingerprint density at radius 1 is 1.10 bits per heavy atom. The summed E-state index contributed by atoms with van der Waals surface area (Å²) in [7, 11) is 0. The summed E-state index contributed by atoms with van der Waals surface area (Å²) < 4.78 is 14.7. The highest BCUT2D eigenvalue weighted by Gasteiger charge is 2.27. The number of benzene rings is 2. The first kappa shape index (κ1) is 23.0. The molecule has 0 spiro atoms. The van der Waals surface area contributed by atoms with Gasteiger partial charge < -0.3 is 14.0 Å². The van der Waals surface area contributed by atoms with E-state index in [-0.39, 0.29) is 18.5 Å². The van der Waals surface area contributed by atoms with Crippen LogP contribution in [-0.2, 0) is 16.0 Å². The number of hydrogen-bond donors (Lipinski definition) is 0. The number of imidazole rings is 1. The highest BCUT2D eigenvalue weighted by molar-refractivity contribution is 7.99. The summed E-state index contributed by atoms with van der Waals surface area (Å²) in [6.07, 6.45) is 7.94. The first-order chi connectivity index (χ1) is 15.1. The highest BCUT2D eigenvalue weighted by atomic mass is 35.5. The van der Waals surface area contributed by atoms with Gasteiger partial charge in [-0.05, 0) is 55.7 Å². The van der Waals surface area contributed by atoms with Crippen molar-refractivity contribution in [3.8, 4) is 0 Å². The van der Waals surface area contributed by atoms with Gasteiger partial charge in [0.15, 0.2) is 6.29 Å². The number of halogens is 3. The molecular formula is C23H23Cl3N2O2S. The lowest BCUT2D eigenvalue weighted by atomic mass is 10.1. The van der Waals surface area contributed by atoms with Gasteiger partial charge in [0, 0.05) is 43.7 Å². The predicted octanol–water partition coefficient (Wildman–Crippen LogP) is 7.29. The van der Waals surface area contributed by atoms with Gasteiger partial charge in [-0.15, -0.1) is 11.8 Å². The molecule has 0 radical (unpaired) electrons. The molecule has 4 rings (SSSR count). The Morgan fingerprint density at radius 2 is 1.90 bits per heavy atom. The number of thioether (sulfide) groups is 1. The van der Waals surface area contributed by atoms with Gasteiger partial charge in [-0.2, -0.15) is 0 Å². The van der Waals surface area contributed by atoms with Gasteiger partial charge in [-0.25, -0.2) is 4.98 Å². The molecule has 1 aliphatic heterocycles. The lowest BCUT2D eigenvalue weighted by Crippen LogP contribution is -2.33. The zero-order valence-electron chi connectivity index (χ0n) is 16.8. The van der Waals surface area contributed by atoms with E-state index in [0.717, 1.165) is 35.6 Å². The molecule has 1 aromatic heterocycles. The summed E-state index contributed by atoms with van der Waals surface area (Å²) in [6, 6.07) is 13.4. The molecule has 4 nitrogen and oxygen atoms in total. The maximum atomic E-state index is 6.50. The minimum Gasteiger partial charge on any atom is -0.349 e. The average molecular weight is 498 g/mol. The first-order valence-electron chi connectivity index (χ1n) is 10.2. The Labute approximate surface area is 201 Å². The van der Waals surface area contributed by atoms with E-state index in [4.69, 9.17) is 44.3 Å². The van der Waals surface area contributed by atoms with Crippen molar-refractivity contribution in [2.75, 3.05) is 5.75 Å². The van der Waals surface area contributed by atoms with Crippen LogP contribution in [0.25, 0.3) is 0 Å². The number of ether oxygens (including phenoxy) is 2. The summed E-state index contributed by atoms with van der Waals surface area (Å²) >= 11 is 20.3. The molecule has 0 bridgehead atoms. The standard InChI is InChI=1S/C23H23Cl3N2O2S/c24-16-4-7-19(8-5-16)31-14-18-2-1-3-23(29-18)30-22(13-28-11-10-27-15-28)20-9-6-17(25)12-21(20)26/h4-12,15,18,22-23H,1-3,13-14H2/t18-,22?,23+/m1/s1. The fourth-order valence-electron chi connectivity index (χ4n) is 3.55. The third-order valence-corrected chi connectivity index (χ3v) is 7.08. The Bertz CT molecular complexity index is 969. The van der Waals surface area contributed by atoms with E-state index in [1.807, 2.05) is 47.2 Å². The zero-order valence-corrected chi connectivity index (χ0v) is 19.9. The summed E-state index contributed by atoms with van der Waals surface area (Å²) in [6.45, 7) is 0.589. The van der Waals surface area contributed by atoms with Crippen LogP contribution < -0.4 is 0 Å². The average Bonchev–Trinajstić information content (AvgIpc) is 3.26. The maximum absolute atomic E-state index is 6.50. The molecular weight excluding hydrogens is 475 g/mol. The highest BCUT2D eigenvalue weighted by Crippen LogP contribution is 2.34. The van der Waals surface area contributed by atoms with E-state index in [2.05, 4.69) is 4.98 Å². The minimum absolute atomic E-state index is 0.133. The molecule has 3 aromatic rings. The van der Waals surface area contributed by atoms with Crippen LogP contribution in [0, 0.1) is 0 Å². The van der Waals surface area contributed by atoms with Gasteiger partial charge in [0.1, 0.15) is 6.10 Å². The van der Waals surface area contributed by atoms with Crippen molar-refractivity contribution in [3.05, 3.63) is 81.8 Å². The van der Waals surface area contributed by atoms with Crippen molar-refractivity contribution in [3.63, 3.8) is 0 Å². The fraction of sp³-hybridized carbons (Fsp3) is 0.348. The van der Waals surface area contributed by atoms with Gasteiger partial charge >= 0.3 is 0 Å². The molecule has 2 heterocycles. The van der Waals surface area contributed by atoms with Crippen LogP contribution in [0.5, 0.6) is 0 Å². The van der Waals surface area contributed by atoms with Gasteiger partial charge in [-0.3, -0.25) is 0 Å². The molecule has 2 aromatic carbocycles. The lowest BCUT2D eigenvalue weighted by molar-refractivity contribution is -0.213. The Kier molecular flexibility index (Phi) is 8.21. The number of aromatic nitrogens is 2. The van der Waals surface area contributed by atoms with E-state index < -0.39 is 0 Å². The summed E-state index contributed by atoms with van der Waals surface area (Å²) in [5.41, 5.74) is 0.890. The number of hydrogen-bond acceptors (Lipinski definition) is 4. The van der Waals surface area contributed by atoms with Gasteiger partial charge in [-0.1, -0.05) is 40.9 Å². The van der Waals surface area contributed by atoms with Crippen LogP contribution in [0.1, 0.15) is 30.9 Å². The molecule has 1 fully saturated rings. The number of nitrogens with zero attached hydrogens (tertiary/aromatic N) is 2. The van der Waals surface area contributed by atoms with E-state index in [1.165, 1.54) is 4.90 Å². The van der Waals surface area contributed by atoms with E-state index in [9.17, 15) is 0 Å². The van der Waals surface area contributed by atoms with Crippen molar-refractivity contribution < 1.29 is 9.47 Å². The van der Waals surface area contributed by atoms with Crippen molar-refractivity contribution in [1.82, 2.24) is 9.55 Å². The van der Waals surface area contributed by atoms with E-state index in [0.29, 0.717) is 16.6 Å². The second-order valence-corrected chi connectivity index (χ2v) is 9.81. The molecule has 1 saturated heterocycles. The molecule has 0 aliphatic carbocycles. The van der Waals surface area contributed by atoms with Crippen molar-refractivity contribution in [2.45, 2.75) is 49.2 Å². The molecule has 0 saturated carbocycles. The zero-order chi connectivity index (χ0) is 21.6. The number of rotatable bonds is 8. The van der Waals surface area contributed by atoms with Crippen molar-refractivity contribution in [2.24, 2.45) is 0 Å². The molecule has 1 unspecified atom stereocenters. The second-order valence-electron chi connectivity index (χ2n) is 7.43. The van der Waals surface area contributed by atoms with Crippen LogP contribution in [-0.4, -0.2) is 27.7 Å². The van der Waals surface area contributed by atoms with Gasteiger partial charge in [0.05, 0.1) is 19.0 Å². The van der Waals surface area contributed by atoms with Crippen molar-refractivity contribution >= 4 is 46.6 Å². The third kappa shape index (κ3) is 6.64. The molecule has 31 heavy (non-hydrogen) atoms. The Hall–Kier alpha value is -1.21. The van der Waals surface area contributed by atoms with Crippen molar-refractivity contribution in [1.29, 1.82) is 0 Å². The monoisotopic (exact) mass is 496 g/mol. The van der Waals surface area contributed by atoms with Gasteiger partial charge in [0.2, 0.25) is 0 Å². The van der Waals surface area contributed by atoms with E-state index in [1.54, 1.807) is 30.4 Å². The topological polar surface area (TPSA) is 36.3 Å². The Balaban J connectivity index is 1.41. The lowest BCUT2D eigenvalue weighted by Gasteiger charge is -2.33. The third-order valence-electron chi connectivity index (χ3n) is 5.12. The predicted molar refractivity (Wildman–Crippen MR) is 127 cm³/mol.